The Bertz CT molecular complexity index is 1170. The van der Waals surface area contributed by atoms with Gasteiger partial charge in [-0.25, -0.2) is 4.68 Å². The maximum Gasteiger partial charge on any atom is 0.267 e. The Morgan fingerprint density at radius 2 is 1.61 bits per heavy atom. The molecule has 8 nitrogen and oxygen atoms in total. The van der Waals surface area contributed by atoms with E-state index in [0.29, 0.717) is 31.9 Å². The molecule has 1 aliphatic rings. The minimum atomic E-state index is -0.695. The lowest BCUT2D eigenvalue weighted by Crippen LogP contribution is -2.51. The van der Waals surface area contributed by atoms with E-state index in [1.54, 1.807) is 32.1 Å². The molecule has 0 N–H and O–H groups in total. The molecule has 1 aromatic heterocycles. The van der Waals surface area contributed by atoms with E-state index in [1.807, 2.05) is 48.5 Å². The van der Waals surface area contributed by atoms with Crippen LogP contribution in [0.1, 0.15) is 13.0 Å². The minimum absolute atomic E-state index is 0.109. The maximum absolute atomic E-state index is 13.2. The van der Waals surface area contributed by atoms with Crippen molar-refractivity contribution in [2.45, 2.75) is 13.0 Å². The molecule has 2 aromatic carbocycles. The van der Waals surface area contributed by atoms with E-state index >= 15 is 0 Å². The van der Waals surface area contributed by atoms with Gasteiger partial charge in [0.2, 0.25) is 5.91 Å². The van der Waals surface area contributed by atoms with Crippen LogP contribution in [-0.4, -0.2) is 61.0 Å². The highest BCUT2D eigenvalue weighted by Gasteiger charge is 2.27. The number of carbonyl (C=O) groups is 1. The average molecular weight is 449 g/mol. The third-order valence-corrected chi connectivity index (χ3v) is 5.94. The summed E-state index contributed by atoms with van der Waals surface area (Å²) in [6, 6.07) is 17.8. The number of rotatable bonds is 6. The van der Waals surface area contributed by atoms with Crippen molar-refractivity contribution in [2.75, 3.05) is 45.3 Å². The van der Waals surface area contributed by atoms with Gasteiger partial charge in [-0.2, -0.15) is 5.10 Å². The second kappa shape index (κ2) is 9.77. The third-order valence-electron chi connectivity index (χ3n) is 5.94. The lowest BCUT2D eigenvalue weighted by molar-refractivity contribution is -0.135. The molecule has 0 radical (unpaired) electrons. The van der Waals surface area contributed by atoms with Crippen molar-refractivity contribution < 1.29 is 14.3 Å². The zero-order chi connectivity index (χ0) is 23.4. The Morgan fingerprint density at radius 1 is 0.909 bits per heavy atom. The zero-order valence-corrected chi connectivity index (χ0v) is 19.1. The van der Waals surface area contributed by atoms with Gasteiger partial charge in [0.25, 0.3) is 5.56 Å². The van der Waals surface area contributed by atoms with Crippen LogP contribution in [0.3, 0.4) is 0 Å². The molecular formula is C25H28N4O4. The number of hydrogen-bond donors (Lipinski definition) is 0. The Hall–Kier alpha value is -3.81. The molecule has 1 unspecified atom stereocenters. The van der Waals surface area contributed by atoms with Crippen molar-refractivity contribution in [2.24, 2.45) is 0 Å². The molecule has 8 heteroatoms. The van der Waals surface area contributed by atoms with E-state index in [-0.39, 0.29) is 11.5 Å². The smallest absolute Gasteiger partial charge is 0.267 e. The van der Waals surface area contributed by atoms with E-state index in [9.17, 15) is 9.59 Å². The van der Waals surface area contributed by atoms with E-state index in [4.69, 9.17) is 9.47 Å². The third kappa shape index (κ3) is 4.84. The quantitative estimate of drug-likeness (QED) is 0.577. The van der Waals surface area contributed by atoms with Crippen molar-refractivity contribution in [3.63, 3.8) is 0 Å². The lowest BCUT2D eigenvalue weighted by Gasteiger charge is -2.37. The van der Waals surface area contributed by atoms with Gasteiger partial charge in [0.1, 0.15) is 17.5 Å². The number of ether oxygens (including phenoxy) is 2. The number of aromatic nitrogens is 2. The van der Waals surface area contributed by atoms with Crippen molar-refractivity contribution in [3.05, 3.63) is 71.0 Å². The summed E-state index contributed by atoms with van der Waals surface area (Å²) in [6.45, 7) is 4.29. The number of carbonyl (C=O) groups excluding carboxylic acids is 1. The van der Waals surface area contributed by atoms with Gasteiger partial charge >= 0.3 is 0 Å². The fourth-order valence-corrected chi connectivity index (χ4v) is 3.98. The summed E-state index contributed by atoms with van der Waals surface area (Å²) in [5.41, 5.74) is 2.23. The summed E-state index contributed by atoms with van der Waals surface area (Å²) in [7, 11) is 3.26. The first-order valence-electron chi connectivity index (χ1n) is 10.9. The highest BCUT2D eigenvalue weighted by atomic mass is 16.5. The molecule has 2 heterocycles. The summed E-state index contributed by atoms with van der Waals surface area (Å²) in [5.74, 6) is 1.44. The largest absolute Gasteiger partial charge is 0.497 e. The van der Waals surface area contributed by atoms with E-state index in [0.717, 1.165) is 22.7 Å². The van der Waals surface area contributed by atoms with Crippen LogP contribution in [0, 0.1) is 0 Å². The van der Waals surface area contributed by atoms with Gasteiger partial charge in [-0.15, -0.1) is 0 Å². The molecule has 0 spiro atoms. The number of benzene rings is 2. The van der Waals surface area contributed by atoms with E-state index in [1.165, 1.54) is 10.7 Å². The normalized spacial score (nSPS) is 14.6. The number of anilines is 1. The molecule has 1 aliphatic heterocycles. The Morgan fingerprint density at radius 3 is 2.27 bits per heavy atom. The van der Waals surface area contributed by atoms with Crippen LogP contribution in [0.2, 0.25) is 0 Å². The van der Waals surface area contributed by atoms with Crippen LogP contribution in [-0.2, 0) is 4.79 Å². The van der Waals surface area contributed by atoms with E-state index < -0.39 is 6.04 Å². The SMILES string of the molecule is COc1ccc(-c2ccc(=O)n(C(C)C(=O)N3CCN(c4cccc(OC)c4)CC3)n2)cc1. The van der Waals surface area contributed by atoms with Crippen molar-refractivity contribution in [3.8, 4) is 22.8 Å². The minimum Gasteiger partial charge on any atom is -0.497 e. The summed E-state index contributed by atoms with van der Waals surface area (Å²) < 4.78 is 11.8. The van der Waals surface area contributed by atoms with Crippen LogP contribution >= 0.6 is 0 Å². The van der Waals surface area contributed by atoms with Crippen molar-refractivity contribution in [1.82, 2.24) is 14.7 Å². The number of methoxy groups -OCH3 is 2. The Labute approximate surface area is 193 Å². The van der Waals surface area contributed by atoms with Crippen LogP contribution < -0.4 is 19.9 Å². The summed E-state index contributed by atoms with van der Waals surface area (Å²) in [5, 5.41) is 4.49. The first kappa shape index (κ1) is 22.4. The van der Waals surface area contributed by atoms with Crippen LogP contribution in [0.4, 0.5) is 5.69 Å². The van der Waals surface area contributed by atoms with Gasteiger partial charge in [0.05, 0.1) is 19.9 Å². The topological polar surface area (TPSA) is 76.9 Å². The molecule has 0 aliphatic carbocycles. The summed E-state index contributed by atoms with van der Waals surface area (Å²) in [6.07, 6.45) is 0. The second-order valence-corrected chi connectivity index (χ2v) is 7.92. The summed E-state index contributed by atoms with van der Waals surface area (Å²) >= 11 is 0. The zero-order valence-electron chi connectivity index (χ0n) is 19.1. The van der Waals surface area contributed by atoms with Gasteiger partial charge in [-0.05, 0) is 49.4 Å². The monoisotopic (exact) mass is 448 g/mol. The van der Waals surface area contributed by atoms with Gasteiger partial charge in [0.15, 0.2) is 0 Å². The molecular weight excluding hydrogens is 420 g/mol. The molecule has 4 rings (SSSR count). The average Bonchev–Trinajstić information content (AvgIpc) is 2.88. The van der Waals surface area contributed by atoms with Gasteiger partial charge in [-0.1, -0.05) is 6.07 Å². The molecule has 0 bridgehead atoms. The molecule has 1 fully saturated rings. The molecule has 33 heavy (non-hydrogen) atoms. The molecule has 0 saturated carbocycles. The number of piperazine rings is 1. The number of amides is 1. The Balaban J connectivity index is 1.46. The predicted molar refractivity (Wildman–Crippen MR) is 127 cm³/mol. The van der Waals surface area contributed by atoms with Gasteiger partial charge < -0.3 is 19.3 Å². The molecule has 172 valence electrons. The van der Waals surface area contributed by atoms with E-state index in [2.05, 4.69) is 10.00 Å². The fourth-order valence-electron chi connectivity index (χ4n) is 3.98. The standard InChI is InChI=1S/C25H28N4O4/c1-18(29-24(30)12-11-23(26-29)19-7-9-21(32-2)10-8-19)25(31)28-15-13-27(14-16-28)20-5-4-6-22(17-20)33-3/h4-12,17-18H,13-16H2,1-3H3. The fraction of sp³-hybridized carbons (Fsp3) is 0.320. The van der Waals surface area contributed by atoms with Gasteiger partial charge in [-0.3, -0.25) is 9.59 Å². The van der Waals surface area contributed by atoms with Crippen LogP contribution in [0.15, 0.2) is 65.5 Å². The highest BCUT2D eigenvalue weighted by Crippen LogP contribution is 2.23. The molecule has 1 atom stereocenters. The summed E-state index contributed by atoms with van der Waals surface area (Å²) in [4.78, 5) is 29.7. The highest BCUT2D eigenvalue weighted by molar-refractivity contribution is 5.80. The molecule has 1 saturated heterocycles. The van der Waals surface area contributed by atoms with Crippen LogP contribution in [0.5, 0.6) is 11.5 Å². The lowest BCUT2D eigenvalue weighted by atomic mass is 10.1. The molecule has 1 amide bonds. The predicted octanol–water partition coefficient (Wildman–Crippen LogP) is 2.84. The van der Waals surface area contributed by atoms with Gasteiger partial charge in [0, 0.05) is 49.6 Å². The Kier molecular flexibility index (Phi) is 6.63. The second-order valence-electron chi connectivity index (χ2n) is 7.92. The number of hydrogen-bond acceptors (Lipinski definition) is 6. The maximum atomic E-state index is 13.2. The van der Waals surface area contributed by atoms with Crippen molar-refractivity contribution in [1.29, 1.82) is 0 Å². The first-order chi connectivity index (χ1) is 16.0. The van der Waals surface area contributed by atoms with Crippen molar-refractivity contribution >= 4 is 11.6 Å². The molecule has 3 aromatic rings. The van der Waals surface area contributed by atoms with Crippen LogP contribution in [0.25, 0.3) is 11.3 Å². The first-order valence-corrected chi connectivity index (χ1v) is 10.9. The number of nitrogens with zero attached hydrogens (tertiary/aromatic N) is 4.